The smallest absolute Gasteiger partial charge is 0.257 e. The van der Waals surface area contributed by atoms with Crippen LogP contribution < -0.4 is 5.32 Å². The van der Waals surface area contributed by atoms with E-state index in [1.54, 1.807) is 13.8 Å². The van der Waals surface area contributed by atoms with Gasteiger partial charge in [0.25, 0.3) is 6.43 Å². The number of carbonyl (C=O) groups is 1. The molecule has 1 aromatic rings. The van der Waals surface area contributed by atoms with E-state index in [0.29, 0.717) is 5.69 Å². The lowest BCUT2D eigenvalue weighted by atomic mass is 10.0. The van der Waals surface area contributed by atoms with Gasteiger partial charge >= 0.3 is 0 Å². The molecule has 0 aliphatic rings. The monoisotopic (exact) mass is 261 g/mol. The van der Waals surface area contributed by atoms with Gasteiger partial charge in [-0.3, -0.25) is 9.48 Å². The van der Waals surface area contributed by atoms with Crippen LogP contribution in [-0.4, -0.2) is 33.3 Å². The first-order chi connectivity index (χ1) is 8.38. The summed E-state index contributed by atoms with van der Waals surface area (Å²) >= 11 is 0. The van der Waals surface area contributed by atoms with Crippen LogP contribution in [0.2, 0.25) is 0 Å². The summed E-state index contributed by atoms with van der Waals surface area (Å²) in [6.45, 7) is 3.10. The van der Waals surface area contributed by atoms with E-state index >= 15 is 0 Å². The Labute approximate surface area is 104 Å². The van der Waals surface area contributed by atoms with Gasteiger partial charge in [0.2, 0.25) is 5.91 Å². The normalized spacial score (nSPS) is 13.1. The van der Waals surface area contributed by atoms with Crippen LogP contribution in [-0.2, 0) is 11.3 Å². The summed E-state index contributed by atoms with van der Waals surface area (Å²) in [6.07, 6.45) is -0.622. The summed E-state index contributed by atoms with van der Waals surface area (Å²) in [4.78, 5) is 11.5. The van der Waals surface area contributed by atoms with Gasteiger partial charge in [-0.2, -0.15) is 5.10 Å². The van der Waals surface area contributed by atoms with Crippen LogP contribution >= 0.6 is 0 Å². The molecule has 0 spiro atoms. The van der Waals surface area contributed by atoms with E-state index in [2.05, 4.69) is 10.4 Å². The van der Waals surface area contributed by atoms with Gasteiger partial charge in [0.15, 0.2) is 0 Å². The van der Waals surface area contributed by atoms with Crippen LogP contribution in [0.15, 0.2) is 12.4 Å². The molecule has 0 aliphatic carbocycles. The summed E-state index contributed by atoms with van der Waals surface area (Å²) in [5.74, 6) is -0.384. The van der Waals surface area contributed by atoms with Crippen molar-refractivity contribution in [3.8, 4) is 0 Å². The zero-order valence-corrected chi connectivity index (χ0v) is 10.3. The first-order valence-electron chi connectivity index (χ1n) is 5.67. The number of aromatic nitrogens is 2. The van der Waals surface area contributed by atoms with Crippen LogP contribution in [0.3, 0.4) is 0 Å². The molecule has 18 heavy (non-hydrogen) atoms. The highest BCUT2D eigenvalue weighted by atomic mass is 19.3. The fourth-order valence-corrected chi connectivity index (χ4v) is 1.31. The van der Waals surface area contributed by atoms with Crippen molar-refractivity contribution in [3.05, 3.63) is 12.4 Å². The number of halogens is 2. The highest BCUT2D eigenvalue weighted by Gasteiger charge is 2.15. The fraction of sp³-hybridized carbons (Fsp3) is 0.636. The number of amides is 1. The van der Waals surface area contributed by atoms with Gasteiger partial charge in [0.1, 0.15) is 6.54 Å². The molecule has 1 atom stereocenters. The maximum Gasteiger partial charge on any atom is 0.257 e. The van der Waals surface area contributed by atoms with E-state index in [1.807, 2.05) is 0 Å². The molecule has 1 unspecified atom stereocenters. The lowest BCUT2D eigenvalue weighted by Crippen LogP contribution is -2.23. The molecule has 0 saturated heterocycles. The van der Waals surface area contributed by atoms with Crippen molar-refractivity contribution >= 4 is 11.6 Å². The number of carbonyl (C=O) groups excluding carboxylic acids is 1. The van der Waals surface area contributed by atoms with E-state index in [0.717, 1.165) is 4.68 Å². The van der Waals surface area contributed by atoms with Gasteiger partial charge < -0.3 is 10.4 Å². The van der Waals surface area contributed by atoms with Crippen LogP contribution in [0.25, 0.3) is 0 Å². The second kappa shape index (κ2) is 6.44. The Hall–Kier alpha value is -1.50. The van der Waals surface area contributed by atoms with Crippen molar-refractivity contribution in [1.82, 2.24) is 9.78 Å². The van der Waals surface area contributed by atoms with Crippen molar-refractivity contribution in [3.63, 3.8) is 0 Å². The van der Waals surface area contributed by atoms with Crippen molar-refractivity contribution in [2.45, 2.75) is 39.3 Å². The van der Waals surface area contributed by atoms with Crippen LogP contribution in [0.1, 0.15) is 20.3 Å². The Morgan fingerprint density at radius 3 is 2.78 bits per heavy atom. The number of rotatable bonds is 6. The van der Waals surface area contributed by atoms with E-state index in [1.165, 1.54) is 12.4 Å². The lowest BCUT2D eigenvalue weighted by Gasteiger charge is -2.13. The van der Waals surface area contributed by atoms with Gasteiger partial charge in [-0.15, -0.1) is 0 Å². The summed E-state index contributed by atoms with van der Waals surface area (Å²) in [6, 6.07) is 0. The number of hydrogen-bond acceptors (Lipinski definition) is 3. The molecule has 0 bridgehead atoms. The Kier molecular flexibility index (Phi) is 5.21. The van der Waals surface area contributed by atoms with Gasteiger partial charge in [-0.05, 0) is 5.92 Å². The van der Waals surface area contributed by atoms with Crippen molar-refractivity contribution in [2.24, 2.45) is 5.92 Å². The number of nitrogens with one attached hydrogen (secondary N) is 1. The van der Waals surface area contributed by atoms with E-state index < -0.39 is 19.1 Å². The molecule has 1 aromatic heterocycles. The first kappa shape index (κ1) is 14.6. The molecule has 2 N–H and O–H groups in total. The number of aliphatic hydroxyl groups is 1. The zero-order valence-electron chi connectivity index (χ0n) is 10.3. The van der Waals surface area contributed by atoms with E-state index in [9.17, 15) is 18.7 Å². The van der Waals surface area contributed by atoms with Crippen LogP contribution in [0.5, 0.6) is 0 Å². The first-order valence-corrected chi connectivity index (χ1v) is 5.67. The highest BCUT2D eigenvalue weighted by molar-refractivity contribution is 5.90. The van der Waals surface area contributed by atoms with Crippen molar-refractivity contribution in [1.29, 1.82) is 0 Å². The predicted octanol–water partition coefficient (Wildman–Crippen LogP) is 1.49. The average molecular weight is 261 g/mol. The largest absolute Gasteiger partial charge is 0.392 e. The number of anilines is 1. The summed E-state index contributed by atoms with van der Waals surface area (Å²) in [5.41, 5.74) is 0.344. The Morgan fingerprint density at radius 2 is 2.22 bits per heavy atom. The third-order valence-electron chi connectivity index (χ3n) is 2.41. The minimum Gasteiger partial charge on any atom is -0.392 e. The van der Waals surface area contributed by atoms with E-state index in [-0.39, 0.29) is 18.2 Å². The SMILES string of the molecule is CC(C)C(O)CC(=O)Nc1cnn(CC(F)F)c1. The molecule has 0 radical (unpaired) electrons. The van der Waals surface area contributed by atoms with Crippen LogP contribution in [0.4, 0.5) is 14.5 Å². The molecule has 1 rings (SSSR count). The molecule has 0 aromatic carbocycles. The average Bonchev–Trinajstić information content (AvgIpc) is 2.63. The summed E-state index contributed by atoms with van der Waals surface area (Å²) in [5, 5.41) is 15.7. The van der Waals surface area contributed by atoms with Crippen molar-refractivity contribution < 1.29 is 18.7 Å². The van der Waals surface area contributed by atoms with Crippen molar-refractivity contribution in [2.75, 3.05) is 5.32 Å². The predicted molar refractivity (Wildman–Crippen MR) is 62.3 cm³/mol. The quantitative estimate of drug-likeness (QED) is 0.815. The molecule has 1 heterocycles. The maximum absolute atomic E-state index is 12.1. The molecule has 102 valence electrons. The maximum atomic E-state index is 12.1. The molecule has 7 heteroatoms. The van der Waals surface area contributed by atoms with Gasteiger partial charge in [-0.1, -0.05) is 13.8 Å². The second-order valence-corrected chi connectivity index (χ2v) is 4.41. The highest BCUT2D eigenvalue weighted by Crippen LogP contribution is 2.10. The third kappa shape index (κ3) is 4.79. The molecule has 0 fully saturated rings. The fourth-order valence-electron chi connectivity index (χ4n) is 1.31. The molecule has 1 amide bonds. The number of aliphatic hydroxyl groups excluding tert-OH is 1. The summed E-state index contributed by atoms with van der Waals surface area (Å²) < 4.78 is 25.2. The van der Waals surface area contributed by atoms with Crippen LogP contribution in [0, 0.1) is 5.92 Å². The van der Waals surface area contributed by atoms with Gasteiger partial charge in [-0.25, -0.2) is 8.78 Å². The topological polar surface area (TPSA) is 67.2 Å². The Balaban J connectivity index is 2.47. The number of nitrogens with zero attached hydrogens (tertiary/aromatic N) is 2. The van der Waals surface area contributed by atoms with E-state index in [4.69, 9.17) is 0 Å². The molecular formula is C11H17F2N3O2. The lowest BCUT2D eigenvalue weighted by molar-refractivity contribution is -0.118. The summed E-state index contributed by atoms with van der Waals surface area (Å²) in [7, 11) is 0. The molecular weight excluding hydrogens is 244 g/mol. The molecule has 0 aliphatic heterocycles. The van der Waals surface area contributed by atoms with Gasteiger partial charge in [0, 0.05) is 6.20 Å². The minimum atomic E-state index is -2.49. The Bertz CT molecular complexity index is 393. The number of hydrogen-bond donors (Lipinski definition) is 2. The molecule has 5 nitrogen and oxygen atoms in total. The second-order valence-electron chi connectivity index (χ2n) is 4.41. The standard InChI is InChI=1S/C11H17F2N3O2/c1-7(2)9(17)3-11(18)15-8-4-14-16(5-8)6-10(12)13/h4-5,7,9-10,17H,3,6H2,1-2H3,(H,15,18). The molecule has 0 saturated carbocycles. The zero-order chi connectivity index (χ0) is 13.7. The third-order valence-corrected chi connectivity index (χ3v) is 2.41. The van der Waals surface area contributed by atoms with Gasteiger partial charge in [0.05, 0.1) is 24.4 Å². The minimum absolute atomic E-state index is 0.0164. The number of alkyl halides is 2. The Morgan fingerprint density at radius 1 is 1.56 bits per heavy atom.